The third kappa shape index (κ3) is 12.4. The van der Waals surface area contributed by atoms with Gasteiger partial charge in [0, 0.05) is 77.7 Å². The van der Waals surface area contributed by atoms with Gasteiger partial charge in [0.25, 0.3) is 0 Å². The van der Waals surface area contributed by atoms with Crippen LogP contribution in [0.5, 0.6) is 5.75 Å². The molecule has 1 aromatic carbocycles. The maximum atomic E-state index is 12.1. The molecule has 5 heteroatoms. The molecule has 0 fully saturated rings. The molecule has 0 aliphatic rings. The Hall–Kier alpha value is -4.90. The van der Waals surface area contributed by atoms with Crippen molar-refractivity contribution in [3.63, 3.8) is 0 Å². The van der Waals surface area contributed by atoms with Crippen molar-refractivity contribution in [2.75, 3.05) is 0 Å². The van der Waals surface area contributed by atoms with E-state index >= 15 is 0 Å². The molecule has 9 N–H and O–H groups in total. The Balaban J connectivity index is 4.78. The van der Waals surface area contributed by atoms with E-state index in [2.05, 4.69) is 58.7 Å². The molecular weight excluding hydrogens is 576 g/mol. The number of nitrogens with two attached hydrogens (primary N) is 4. The summed E-state index contributed by atoms with van der Waals surface area (Å²) in [6.45, 7) is 31.8. The van der Waals surface area contributed by atoms with Gasteiger partial charge in [-0.05, 0) is 48.4 Å². The second-order valence-electron chi connectivity index (χ2n) is 11.7. The predicted molar refractivity (Wildman–Crippen MR) is 207 cm³/mol. The first kappa shape index (κ1) is 40.1. The zero-order valence-corrected chi connectivity index (χ0v) is 28.4. The fraction of sp³-hybridized carbons (Fsp3) is 0.286. The summed E-state index contributed by atoms with van der Waals surface area (Å²) in [6, 6.07) is 1.86. The quantitative estimate of drug-likeness (QED) is 0.0724. The molecule has 0 radical (unpaired) electrons. The van der Waals surface area contributed by atoms with Crippen LogP contribution in [0.2, 0.25) is 0 Å². The van der Waals surface area contributed by atoms with Crippen LogP contribution in [0.3, 0.4) is 0 Å². The van der Waals surface area contributed by atoms with Crippen LogP contribution in [0, 0.1) is 0 Å². The van der Waals surface area contributed by atoms with Gasteiger partial charge >= 0.3 is 0 Å². The zero-order valence-electron chi connectivity index (χ0n) is 28.4. The van der Waals surface area contributed by atoms with Crippen LogP contribution in [-0.2, 0) is 0 Å². The minimum atomic E-state index is -0.297. The topological polar surface area (TPSA) is 124 Å². The number of phenols is 1. The minimum Gasteiger partial charge on any atom is -0.508 e. The van der Waals surface area contributed by atoms with Gasteiger partial charge in [-0.15, -0.1) is 52.6 Å². The number of rotatable bonds is 24. The van der Waals surface area contributed by atoms with Crippen LogP contribution in [0.25, 0.3) is 0 Å². The summed E-state index contributed by atoms with van der Waals surface area (Å²) < 4.78 is 0. The van der Waals surface area contributed by atoms with E-state index in [1.165, 1.54) is 0 Å². The van der Waals surface area contributed by atoms with Crippen LogP contribution < -0.4 is 22.9 Å². The maximum Gasteiger partial charge on any atom is 0.119 e. The monoisotopic (exact) mass is 634 g/mol. The first-order valence-electron chi connectivity index (χ1n) is 16.2. The lowest BCUT2D eigenvalue weighted by atomic mass is 9.72. The van der Waals surface area contributed by atoms with Crippen LogP contribution in [0.4, 0.5) is 0 Å². The summed E-state index contributed by atoms with van der Waals surface area (Å²) in [4.78, 5) is 0. The van der Waals surface area contributed by atoms with Gasteiger partial charge in [0.1, 0.15) is 5.75 Å². The average molecular weight is 635 g/mol. The van der Waals surface area contributed by atoms with E-state index in [-0.39, 0.29) is 29.4 Å². The number of allylic oxidation sites excluding steroid dienone is 12. The van der Waals surface area contributed by atoms with Gasteiger partial charge in [-0.3, -0.25) is 0 Å². The second-order valence-corrected chi connectivity index (χ2v) is 11.7. The molecule has 0 bridgehead atoms. The molecule has 1 rings (SSSR count). The third-order valence-electron chi connectivity index (χ3n) is 7.83. The van der Waals surface area contributed by atoms with Gasteiger partial charge in [-0.25, -0.2) is 0 Å². The van der Waals surface area contributed by atoms with Gasteiger partial charge < -0.3 is 28.0 Å². The number of phenolic OH excluding ortho intramolecular Hbond substituents is 1. The molecule has 5 nitrogen and oxygen atoms in total. The number of hydrogen-bond acceptors (Lipinski definition) is 5. The Morgan fingerprint density at radius 1 is 0.468 bits per heavy atom. The van der Waals surface area contributed by atoms with Crippen molar-refractivity contribution in [1.29, 1.82) is 0 Å². The van der Waals surface area contributed by atoms with Gasteiger partial charge in [0.15, 0.2) is 0 Å². The van der Waals surface area contributed by atoms with E-state index in [1.54, 1.807) is 24.3 Å². The van der Waals surface area contributed by atoms with Crippen molar-refractivity contribution in [2.24, 2.45) is 22.9 Å². The molecule has 47 heavy (non-hydrogen) atoms. The average Bonchev–Trinajstić information content (AvgIpc) is 3.00. The van der Waals surface area contributed by atoms with Crippen molar-refractivity contribution < 1.29 is 5.11 Å². The van der Waals surface area contributed by atoms with E-state index in [4.69, 9.17) is 22.9 Å². The minimum absolute atomic E-state index is 0.142. The Morgan fingerprint density at radius 3 is 1.11 bits per heavy atom. The zero-order chi connectivity index (χ0) is 35.4. The highest BCUT2D eigenvalue weighted by atomic mass is 16.3. The lowest BCUT2D eigenvalue weighted by molar-refractivity contribution is 0.461. The Labute approximate surface area is 284 Å². The van der Waals surface area contributed by atoms with Crippen molar-refractivity contribution >= 4 is 0 Å². The molecule has 0 aromatic heterocycles. The summed E-state index contributed by atoms with van der Waals surface area (Å²) in [5.41, 5.74) is 32.4. The van der Waals surface area contributed by atoms with Crippen molar-refractivity contribution in [3.05, 3.63) is 177 Å². The summed E-state index contributed by atoms with van der Waals surface area (Å²) in [7, 11) is 0. The molecule has 4 atom stereocenters. The molecule has 0 aliphatic carbocycles. The normalized spacial score (nSPS) is 15.1. The highest BCUT2D eigenvalue weighted by Gasteiger charge is 2.31. The summed E-state index contributed by atoms with van der Waals surface area (Å²) in [5, 5.41) is 12.1. The van der Waals surface area contributed by atoms with Gasteiger partial charge in [0.05, 0.1) is 0 Å². The van der Waals surface area contributed by atoms with Crippen molar-refractivity contribution in [2.45, 2.75) is 75.0 Å². The van der Waals surface area contributed by atoms with E-state index in [0.717, 1.165) is 22.3 Å². The second kappa shape index (κ2) is 21.8. The Morgan fingerprint density at radius 2 is 0.766 bits per heavy atom. The highest BCUT2D eigenvalue weighted by molar-refractivity contribution is 5.59. The van der Waals surface area contributed by atoms with Crippen LogP contribution in [0.1, 0.15) is 97.3 Å². The molecule has 0 saturated heterocycles. The summed E-state index contributed by atoms with van der Waals surface area (Å²) in [5.74, 6) is -0.832. The Kier molecular flexibility index (Phi) is 18.6. The summed E-state index contributed by atoms with van der Waals surface area (Å²) in [6.07, 6.45) is 27.0. The van der Waals surface area contributed by atoms with E-state index in [1.807, 2.05) is 48.6 Å². The number of aromatic hydroxyl groups is 1. The standard InChI is InChI=1S/C42H58N4O/c1-9-17-30(25-34(43)21-13-5)38-29-39(47)41(32(19-11-3)27-36(45)23-15-7)42(33(20-12-4)28-37(46)24-16-8)40(38)31(18-10-2)26-35(44)22-14-6/h9-16,25-33,47H,1-8,17-24,43-46H2. The van der Waals surface area contributed by atoms with Crippen LogP contribution in [-0.4, -0.2) is 5.11 Å². The molecule has 1 aromatic rings. The molecule has 0 heterocycles. The van der Waals surface area contributed by atoms with E-state index in [0.29, 0.717) is 74.2 Å². The molecular formula is C42H58N4O. The smallest absolute Gasteiger partial charge is 0.119 e. The van der Waals surface area contributed by atoms with Gasteiger partial charge in [-0.1, -0.05) is 72.9 Å². The SMILES string of the molecule is C=CCC(N)=CC(CC=C)c1cc(O)c(C(C=C(N)CC=C)CC=C)c(C(C=C(N)CC=C)CC=C)c1C(C=C(N)CC=C)CC=C. The third-order valence-corrected chi connectivity index (χ3v) is 7.83. The fourth-order valence-corrected chi connectivity index (χ4v) is 6.03. The lowest BCUT2D eigenvalue weighted by Gasteiger charge is -2.32. The summed E-state index contributed by atoms with van der Waals surface area (Å²) >= 11 is 0. The van der Waals surface area contributed by atoms with Gasteiger partial charge in [0.2, 0.25) is 0 Å². The molecule has 0 amide bonds. The predicted octanol–water partition coefficient (Wildman–Crippen LogP) is 9.71. The van der Waals surface area contributed by atoms with Gasteiger partial charge in [-0.2, -0.15) is 0 Å². The maximum absolute atomic E-state index is 12.1. The van der Waals surface area contributed by atoms with Crippen molar-refractivity contribution in [3.8, 4) is 5.75 Å². The molecule has 0 spiro atoms. The first-order chi connectivity index (χ1) is 22.6. The molecule has 0 saturated carbocycles. The molecule has 4 unspecified atom stereocenters. The lowest BCUT2D eigenvalue weighted by Crippen LogP contribution is -2.17. The Bertz CT molecular complexity index is 1400. The largest absolute Gasteiger partial charge is 0.508 e. The highest BCUT2D eigenvalue weighted by Crippen LogP contribution is 2.48. The number of benzene rings is 1. The molecule has 0 aliphatic heterocycles. The van der Waals surface area contributed by atoms with Crippen LogP contribution >= 0.6 is 0 Å². The fourth-order valence-electron chi connectivity index (χ4n) is 6.03. The van der Waals surface area contributed by atoms with Crippen LogP contribution in [0.15, 0.2) is 154 Å². The van der Waals surface area contributed by atoms with Crippen molar-refractivity contribution in [1.82, 2.24) is 0 Å². The first-order valence-corrected chi connectivity index (χ1v) is 16.2. The van der Waals surface area contributed by atoms with E-state index < -0.39 is 0 Å². The van der Waals surface area contributed by atoms with E-state index in [9.17, 15) is 5.11 Å². The number of hydrogen-bond donors (Lipinski definition) is 5. The molecule has 252 valence electrons.